The van der Waals surface area contributed by atoms with E-state index in [9.17, 15) is 9.59 Å². The first-order valence-electron chi connectivity index (χ1n) is 7.91. The van der Waals surface area contributed by atoms with Crippen LogP contribution in [0.25, 0.3) is 6.08 Å². The summed E-state index contributed by atoms with van der Waals surface area (Å²) in [4.78, 5) is 27.8. The van der Waals surface area contributed by atoms with E-state index in [0.717, 1.165) is 20.4 Å². The summed E-state index contributed by atoms with van der Waals surface area (Å²) in [7, 11) is 0. The molecule has 2 aromatic rings. The lowest BCUT2D eigenvalue weighted by atomic mass is 10.2. The van der Waals surface area contributed by atoms with Crippen LogP contribution in [0.5, 0.6) is 5.75 Å². The molecule has 1 aliphatic rings. The number of thioether (sulfide) groups is 1. The van der Waals surface area contributed by atoms with Crippen LogP contribution >= 0.6 is 34.4 Å². The number of hydrogen-bond acceptors (Lipinski definition) is 5. The Hall–Kier alpha value is -2.33. The second-order valence-electron chi connectivity index (χ2n) is 5.69. The van der Waals surface area contributed by atoms with Gasteiger partial charge in [0.1, 0.15) is 5.75 Å². The van der Waals surface area contributed by atoms with Crippen LogP contribution in [0.2, 0.25) is 0 Å². The van der Waals surface area contributed by atoms with Gasteiger partial charge in [-0.25, -0.2) is 9.79 Å². The molecule has 1 amide bonds. The maximum Gasteiger partial charge on any atom is 0.341 e. The van der Waals surface area contributed by atoms with Crippen molar-refractivity contribution in [3.8, 4) is 5.75 Å². The molecule has 1 heterocycles. The van der Waals surface area contributed by atoms with E-state index in [-0.39, 0.29) is 5.91 Å². The molecule has 0 bridgehead atoms. The minimum atomic E-state index is -1.03. The number of hydrogen-bond donors (Lipinski definition) is 2. The molecule has 0 radical (unpaired) electrons. The Morgan fingerprint density at radius 3 is 2.70 bits per heavy atom. The minimum absolute atomic E-state index is 0.202. The predicted molar refractivity (Wildman–Crippen MR) is 114 cm³/mol. The standard InChI is InChI=1S/C19H15IN2O4S/c1-11-2-5-13(6-3-11)21-19-22-18(25)16(27-19)9-12-4-7-15(14(20)8-12)26-10-17(23)24/h2-9H,10H2,1H3,(H,23,24)(H,21,22,25)/b16-9+. The van der Waals surface area contributed by atoms with Gasteiger partial charge in [-0.1, -0.05) is 23.8 Å². The Bertz CT molecular complexity index is 955. The second-order valence-corrected chi connectivity index (χ2v) is 7.88. The normalized spacial score (nSPS) is 16.6. The van der Waals surface area contributed by atoms with Gasteiger partial charge in [0.25, 0.3) is 5.91 Å². The summed E-state index contributed by atoms with van der Waals surface area (Å²) in [6.45, 7) is 1.61. The molecular formula is C19H15IN2O4S. The summed E-state index contributed by atoms with van der Waals surface area (Å²) in [5, 5.41) is 12.0. The average Bonchev–Trinajstić information content (AvgIpc) is 2.95. The summed E-state index contributed by atoms with van der Waals surface area (Å²) in [6, 6.07) is 13.0. The Kier molecular flexibility index (Phi) is 6.17. The number of aliphatic carboxylic acids is 1. The number of carboxylic acids is 1. The number of rotatable bonds is 5. The molecule has 1 fully saturated rings. The number of ether oxygens (including phenoxy) is 1. The molecule has 2 aromatic carbocycles. The number of benzene rings is 2. The van der Waals surface area contributed by atoms with E-state index in [4.69, 9.17) is 9.84 Å². The number of halogens is 1. The van der Waals surface area contributed by atoms with Crippen molar-refractivity contribution >= 4 is 63.2 Å². The summed E-state index contributed by atoms with van der Waals surface area (Å²) < 4.78 is 5.97. The third-order valence-electron chi connectivity index (χ3n) is 3.52. The lowest BCUT2D eigenvalue weighted by molar-refractivity contribution is -0.139. The van der Waals surface area contributed by atoms with Crippen molar-refractivity contribution in [1.82, 2.24) is 5.32 Å². The lowest BCUT2D eigenvalue weighted by Crippen LogP contribution is -2.19. The zero-order valence-corrected chi connectivity index (χ0v) is 17.2. The van der Waals surface area contributed by atoms with Gasteiger partial charge in [0, 0.05) is 0 Å². The fourth-order valence-electron chi connectivity index (χ4n) is 2.23. The van der Waals surface area contributed by atoms with Crippen LogP contribution in [0.1, 0.15) is 11.1 Å². The molecule has 0 aliphatic carbocycles. The van der Waals surface area contributed by atoms with Gasteiger partial charge >= 0.3 is 5.97 Å². The quantitative estimate of drug-likeness (QED) is 0.486. The fourth-order valence-corrected chi connectivity index (χ4v) is 3.77. The van der Waals surface area contributed by atoms with Gasteiger partial charge in [0.15, 0.2) is 11.8 Å². The molecule has 2 N–H and O–H groups in total. The van der Waals surface area contributed by atoms with E-state index in [0.29, 0.717) is 15.8 Å². The number of aryl methyl sites for hydroxylation is 1. The van der Waals surface area contributed by atoms with Crippen molar-refractivity contribution in [3.05, 3.63) is 62.1 Å². The highest BCUT2D eigenvalue weighted by Gasteiger charge is 2.23. The first-order chi connectivity index (χ1) is 12.9. The SMILES string of the molecule is Cc1ccc(N=C2NC(=O)/C(=C\c3ccc(OCC(=O)O)c(I)c3)S2)cc1. The van der Waals surface area contributed by atoms with Crippen molar-refractivity contribution in [3.63, 3.8) is 0 Å². The number of carbonyl (C=O) groups is 2. The molecule has 1 aliphatic heterocycles. The number of carboxylic acid groups (broad SMARTS) is 1. The predicted octanol–water partition coefficient (Wildman–Crippen LogP) is 3.95. The van der Waals surface area contributed by atoms with Crippen LogP contribution in [0.3, 0.4) is 0 Å². The van der Waals surface area contributed by atoms with Gasteiger partial charge in [0.2, 0.25) is 0 Å². The number of nitrogens with zero attached hydrogens (tertiary/aromatic N) is 1. The number of aliphatic imine (C=N–C) groups is 1. The summed E-state index contributed by atoms with van der Waals surface area (Å²) in [5.41, 5.74) is 2.74. The number of carbonyl (C=O) groups excluding carboxylic acids is 1. The van der Waals surface area contributed by atoms with Crippen LogP contribution in [0.4, 0.5) is 5.69 Å². The van der Waals surface area contributed by atoms with Crippen LogP contribution in [-0.4, -0.2) is 28.8 Å². The van der Waals surface area contributed by atoms with Gasteiger partial charge in [-0.15, -0.1) is 0 Å². The van der Waals surface area contributed by atoms with Crippen LogP contribution in [0.15, 0.2) is 52.4 Å². The first kappa shape index (κ1) is 19.4. The van der Waals surface area contributed by atoms with Crippen molar-refractivity contribution in [2.75, 3.05) is 6.61 Å². The minimum Gasteiger partial charge on any atom is -0.481 e. The third kappa shape index (κ3) is 5.33. The Labute approximate surface area is 173 Å². The van der Waals surface area contributed by atoms with Gasteiger partial charge in [0.05, 0.1) is 14.2 Å². The Morgan fingerprint density at radius 1 is 1.30 bits per heavy atom. The van der Waals surface area contributed by atoms with E-state index in [1.807, 2.05) is 37.3 Å². The lowest BCUT2D eigenvalue weighted by Gasteiger charge is -2.06. The largest absolute Gasteiger partial charge is 0.481 e. The zero-order valence-electron chi connectivity index (χ0n) is 14.2. The molecule has 0 saturated carbocycles. The molecule has 0 atom stereocenters. The smallest absolute Gasteiger partial charge is 0.341 e. The van der Waals surface area contributed by atoms with E-state index >= 15 is 0 Å². The molecular weight excluding hydrogens is 479 g/mol. The highest BCUT2D eigenvalue weighted by atomic mass is 127. The van der Waals surface area contributed by atoms with E-state index < -0.39 is 12.6 Å². The Morgan fingerprint density at radius 2 is 2.04 bits per heavy atom. The van der Waals surface area contributed by atoms with E-state index in [1.165, 1.54) is 11.8 Å². The topological polar surface area (TPSA) is 88.0 Å². The monoisotopic (exact) mass is 494 g/mol. The summed E-state index contributed by atoms with van der Waals surface area (Å²) >= 11 is 3.34. The number of amidine groups is 1. The average molecular weight is 494 g/mol. The van der Waals surface area contributed by atoms with Gasteiger partial charge in [-0.3, -0.25) is 4.79 Å². The van der Waals surface area contributed by atoms with Crippen molar-refractivity contribution < 1.29 is 19.4 Å². The molecule has 27 heavy (non-hydrogen) atoms. The van der Waals surface area contributed by atoms with Gasteiger partial charge in [-0.2, -0.15) is 0 Å². The van der Waals surface area contributed by atoms with E-state index in [2.05, 4.69) is 32.9 Å². The van der Waals surface area contributed by atoms with Crippen LogP contribution < -0.4 is 10.1 Å². The third-order valence-corrected chi connectivity index (χ3v) is 5.27. The highest BCUT2D eigenvalue weighted by Crippen LogP contribution is 2.30. The summed E-state index contributed by atoms with van der Waals surface area (Å²) in [5.74, 6) is -0.742. The molecule has 1 saturated heterocycles. The van der Waals surface area contributed by atoms with Crippen molar-refractivity contribution in [2.24, 2.45) is 4.99 Å². The number of nitrogens with one attached hydrogen (secondary N) is 1. The van der Waals surface area contributed by atoms with Crippen LogP contribution in [-0.2, 0) is 9.59 Å². The Balaban J connectivity index is 1.75. The highest BCUT2D eigenvalue weighted by molar-refractivity contribution is 14.1. The molecule has 0 aromatic heterocycles. The molecule has 3 rings (SSSR count). The second kappa shape index (κ2) is 8.57. The van der Waals surface area contributed by atoms with E-state index in [1.54, 1.807) is 18.2 Å². The van der Waals surface area contributed by atoms with Gasteiger partial charge in [-0.05, 0) is 77.2 Å². The maximum absolute atomic E-state index is 12.2. The molecule has 6 nitrogen and oxygen atoms in total. The molecule has 138 valence electrons. The molecule has 8 heteroatoms. The fraction of sp³-hybridized carbons (Fsp3) is 0.105. The summed E-state index contributed by atoms with van der Waals surface area (Å²) in [6.07, 6.45) is 1.76. The zero-order chi connectivity index (χ0) is 19.4. The molecule has 0 spiro atoms. The van der Waals surface area contributed by atoms with Gasteiger partial charge < -0.3 is 15.2 Å². The van der Waals surface area contributed by atoms with Crippen LogP contribution in [0, 0.1) is 10.5 Å². The maximum atomic E-state index is 12.2. The van der Waals surface area contributed by atoms with Crippen molar-refractivity contribution in [2.45, 2.75) is 6.92 Å². The first-order valence-corrected chi connectivity index (χ1v) is 9.80. The van der Waals surface area contributed by atoms with Crippen molar-refractivity contribution in [1.29, 1.82) is 0 Å². The number of amides is 1. The molecule has 0 unspecified atom stereocenters.